The smallest absolute Gasteiger partial charge is 0.228 e. The SMILES string of the molecule is CN1CC[C@]23C4=C5CCC(OC6O[C@H](CO)[C@@H](O)[C@H](O)[C@H]6O)=C4O[C@H]2[C@@H](O)C=C[C@H]3[C@H]1C5. The van der Waals surface area contributed by atoms with Crippen LogP contribution in [0.2, 0.25) is 0 Å². The Kier molecular flexibility index (Phi) is 4.79. The second-order valence-electron chi connectivity index (χ2n) is 10.0. The number of hydrogen-bond acceptors (Lipinski definition) is 9. The Hall–Kier alpha value is -1.46. The number of rotatable bonds is 3. The fraction of sp³-hybridized carbons (Fsp3) is 0.739. The zero-order valence-electron chi connectivity index (χ0n) is 18.0. The zero-order chi connectivity index (χ0) is 22.4. The summed E-state index contributed by atoms with van der Waals surface area (Å²) in [6.45, 7) is 0.413. The zero-order valence-corrected chi connectivity index (χ0v) is 18.0. The molecule has 0 aromatic carbocycles. The number of aliphatic hydroxyl groups excluding tert-OH is 5. The van der Waals surface area contributed by atoms with Gasteiger partial charge in [0.2, 0.25) is 6.29 Å². The van der Waals surface area contributed by atoms with Gasteiger partial charge >= 0.3 is 0 Å². The van der Waals surface area contributed by atoms with Gasteiger partial charge in [-0.15, -0.1) is 0 Å². The molecule has 1 spiro atoms. The molecule has 10 atom stereocenters. The number of likely N-dealkylation sites (tertiary alicyclic amines) is 1. The molecule has 3 heterocycles. The monoisotopic (exact) mass is 449 g/mol. The van der Waals surface area contributed by atoms with Gasteiger partial charge in [0.25, 0.3) is 0 Å². The molecule has 3 aliphatic carbocycles. The first-order valence-corrected chi connectivity index (χ1v) is 11.5. The van der Waals surface area contributed by atoms with Crippen LogP contribution in [0.5, 0.6) is 0 Å². The molecular formula is C23H31NO8. The maximum atomic E-state index is 10.8. The molecular weight excluding hydrogens is 418 g/mol. The fourth-order valence-corrected chi connectivity index (χ4v) is 6.94. The van der Waals surface area contributed by atoms with Crippen molar-refractivity contribution in [2.75, 3.05) is 20.2 Å². The van der Waals surface area contributed by atoms with Crippen molar-refractivity contribution in [3.63, 3.8) is 0 Å². The van der Waals surface area contributed by atoms with Gasteiger partial charge in [0, 0.05) is 29.4 Å². The molecule has 3 fully saturated rings. The molecule has 5 N–H and O–H groups in total. The summed E-state index contributed by atoms with van der Waals surface area (Å²) in [5.41, 5.74) is 2.20. The molecule has 9 nitrogen and oxygen atoms in total. The van der Waals surface area contributed by atoms with Gasteiger partial charge < -0.3 is 44.6 Å². The van der Waals surface area contributed by atoms with E-state index < -0.39 is 43.4 Å². The van der Waals surface area contributed by atoms with Crippen LogP contribution in [0.1, 0.15) is 25.7 Å². The summed E-state index contributed by atoms with van der Waals surface area (Å²) in [5.74, 6) is 1.40. The van der Waals surface area contributed by atoms with Gasteiger partial charge in [-0.2, -0.15) is 0 Å². The molecule has 0 radical (unpaired) electrons. The molecule has 3 aliphatic heterocycles. The van der Waals surface area contributed by atoms with Crippen LogP contribution in [0.3, 0.4) is 0 Å². The van der Waals surface area contributed by atoms with E-state index in [4.69, 9.17) is 14.2 Å². The summed E-state index contributed by atoms with van der Waals surface area (Å²) >= 11 is 0. The standard InChI is InChI=1S/C23H31NO8/c1-24-7-6-23-11-3-4-13(26)21(23)32-20-14(5-2-10(16(20)23)8-12(11)24)30-22-19(29)18(28)17(27)15(9-25)31-22/h3-4,11-13,15,17-19,21-22,25-29H,2,5-9H2,1H3/t11-,12+,13-,15+,17+,18-,19+,21-,22?,23-/m0/s1. The maximum Gasteiger partial charge on any atom is 0.228 e. The summed E-state index contributed by atoms with van der Waals surface area (Å²) < 4.78 is 18.1. The quantitative estimate of drug-likeness (QED) is 0.349. The van der Waals surface area contributed by atoms with E-state index in [0.29, 0.717) is 24.0 Å². The molecule has 6 aliphatic rings. The van der Waals surface area contributed by atoms with Crippen molar-refractivity contribution in [3.8, 4) is 0 Å². The molecule has 9 heteroatoms. The van der Waals surface area contributed by atoms with E-state index >= 15 is 0 Å². The molecule has 176 valence electrons. The van der Waals surface area contributed by atoms with Crippen molar-refractivity contribution < 1.29 is 39.7 Å². The molecule has 0 amide bonds. The van der Waals surface area contributed by atoms with E-state index in [1.54, 1.807) is 0 Å². The highest BCUT2D eigenvalue weighted by atomic mass is 16.7. The summed E-state index contributed by atoms with van der Waals surface area (Å²) in [4.78, 5) is 2.42. The lowest BCUT2D eigenvalue weighted by Gasteiger charge is -2.56. The van der Waals surface area contributed by atoms with Gasteiger partial charge in [-0.05, 0) is 32.9 Å². The van der Waals surface area contributed by atoms with Crippen LogP contribution in [0.15, 0.2) is 34.8 Å². The minimum Gasteiger partial charge on any atom is -0.483 e. The molecule has 2 bridgehead atoms. The Bertz CT molecular complexity index is 898. The second-order valence-corrected chi connectivity index (χ2v) is 10.0. The third-order valence-electron chi connectivity index (χ3n) is 8.55. The van der Waals surface area contributed by atoms with E-state index in [2.05, 4.69) is 18.0 Å². The van der Waals surface area contributed by atoms with E-state index in [1.165, 1.54) is 5.57 Å². The Balaban J connectivity index is 1.39. The number of ether oxygens (including phenoxy) is 3. The van der Waals surface area contributed by atoms with Crippen LogP contribution in [0, 0.1) is 11.3 Å². The Morgan fingerprint density at radius 1 is 1.12 bits per heavy atom. The fourth-order valence-electron chi connectivity index (χ4n) is 6.94. The van der Waals surface area contributed by atoms with Gasteiger partial charge in [-0.3, -0.25) is 0 Å². The summed E-state index contributed by atoms with van der Waals surface area (Å²) in [7, 11) is 2.17. The molecule has 0 aromatic heterocycles. The minimum absolute atomic E-state index is 0.248. The van der Waals surface area contributed by atoms with Crippen LogP contribution in [0.25, 0.3) is 0 Å². The van der Waals surface area contributed by atoms with Crippen LogP contribution < -0.4 is 0 Å². The van der Waals surface area contributed by atoms with Gasteiger partial charge in [-0.1, -0.05) is 17.7 Å². The van der Waals surface area contributed by atoms with Crippen molar-refractivity contribution in [2.45, 2.75) is 74.6 Å². The summed E-state index contributed by atoms with van der Waals surface area (Å²) in [6.07, 6.45) is -0.610. The third kappa shape index (κ3) is 2.64. The van der Waals surface area contributed by atoms with Crippen molar-refractivity contribution >= 4 is 0 Å². The van der Waals surface area contributed by atoms with Crippen LogP contribution in [-0.2, 0) is 14.2 Å². The molecule has 0 aromatic rings. The minimum atomic E-state index is -1.50. The highest BCUT2D eigenvalue weighted by molar-refractivity contribution is 5.52. The Morgan fingerprint density at radius 2 is 1.94 bits per heavy atom. The highest BCUT2D eigenvalue weighted by Crippen LogP contribution is 2.65. The van der Waals surface area contributed by atoms with Gasteiger partial charge in [0.05, 0.1) is 6.61 Å². The Labute approximate surface area is 186 Å². The van der Waals surface area contributed by atoms with E-state index in [9.17, 15) is 25.5 Å². The van der Waals surface area contributed by atoms with Crippen molar-refractivity contribution in [1.82, 2.24) is 4.90 Å². The molecule has 3 saturated heterocycles. The molecule has 1 unspecified atom stereocenters. The Morgan fingerprint density at radius 3 is 2.72 bits per heavy atom. The molecule has 32 heavy (non-hydrogen) atoms. The average molecular weight is 450 g/mol. The normalized spacial score (nSPS) is 49.8. The van der Waals surface area contributed by atoms with Crippen LogP contribution in [-0.4, -0.2) is 99.6 Å². The first-order valence-electron chi connectivity index (χ1n) is 11.5. The van der Waals surface area contributed by atoms with Gasteiger partial charge in [0.15, 0.2) is 5.76 Å². The second kappa shape index (κ2) is 7.27. The highest BCUT2D eigenvalue weighted by Gasteiger charge is 2.66. The molecule has 0 saturated carbocycles. The van der Waals surface area contributed by atoms with Crippen molar-refractivity contribution in [3.05, 3.63) is 34.8 Å². The average Bonchev–Trinajstić information content (AvgIpc) is 3.14. The van der Waals surface area contributed by atoms with E-state index in [-0.39, 0.29) is 17.4 Å². The van der Waals surface area contributed by atoms with Crippen LogP contribution in [0.4, 0.5) is 0 Å². The van der Waals surface area contributed by atoms with Gasteiger partial charge in [-0.25, -0.2) is 0 Å². The topological polar surface area (TPSA) is 132 Å². The first-order chi connectivity index (χ1) is 15.4. The first kappa shape index (κ1) is 21.1. The summed E-state index contributed by atoms with van der Waals surface area (Å²) in [5, 5.41) is 51.0. The lowest BCUT2D eigenvalue weighted by Crippen LogP contribution is -2.61. The molecule has 6 rings (SSSR count). The van der Waals surface area contributed by atoms with E-state index in [1.807, 2.05) is 6.08 Å². The number of hydrogen-bond donors (Lipinski definition) is 5. The summed E-state index contributed by atoms with van der Waals surface area (Å²) in [6, 6.07) is 0.379. The van der Waals surface area contributed by atoms with Crippen molar-refractivity contribution in [2.24, 2.45) is 11.3 Å². The van der Waals surface area contributed by atoms with E-state index in [0.717, 1.165) is 31.4 Å². The van der Waals surface area contributed by atoms with Gasteiger partial charge in [0.1, 0.15) is 42.4 Å². The third-order valence-corrected chi connectivity index (χ3v) is 8.55. The number of nitrogens with zero attached hydrogens (tertiary/aromatic N) is 1. The number of piperidine rings is 1. The number of allylic oxidation sites excluding steroid dienone is 2. The predicted molar refractivity (Wildman–Crippen MR) is 110 cm³/mol. The predicted octanol–water partition coefficient (Wildman–Crippen LogP) is -0.855. The van der Waals surface area contributed by atoms with Crippen LogP contribution >= 0.6 is 0 Å². The maximum absolute atomic E-state index is 10.8. The largest absolute Gasteiger partial charge is 0.483 e. The number of aliphatic hydroxyl groups is 5. The lowest BCUT2D eigenvalue weighted by molar-refractivity contribution is -0.292. The lowest BCUT2D eigenvalue weighted by atomic mass is 9.52. The van der Waals surface area contributed by atoms with Crippen molar-refractivity contribution in [1.29, 1.82) is 0 Å².